The lowest BCUT2D eigenvalue weighted by Gasteiger charge is -2.09. The number of halogens is 1. The van der Waals surface area contributed by atoms with Gasteiger partial charge in [-0.3, -0.25) is 4.79 Å². The van der Waals surface area contributed by atoms with E-state index in [0.717, 1.165) is 5.56 Å². The lowest BCUT2D eigenvalue weighted by molar-refractivity contribution is -0.114. The topological polar surface area (TPSA) is 77.2 Å². The fourth-order valence-electron chi connectivity index (χ4n) is 1.57. The Morgan fingerprint density at radius 3 is 2.60 bits per heavy atom. The van der Waals surface area contributed by atoms with Crippen LogP contribution in [0.15, 0.2) is 36.4 Å². The third kappa shape index (κ3) is 3.68. The summed E-state index contributed by atoms with van der Waals surface area (Å²) >= 11 is 0. The quantitative estimate of drug-likeness (QED) is 0.897. The van der Waals surface area contributed by atoms with Crippen LogP contribution in [0.25, 0.3) is 0 Å². The first-order valence-corrected chi connectivity index (χ1v) is 5.96. The molecule has 1 aromatic heterocycles. The average Bonchev–Trinajstić information content (AvgIpc) is 2.40. The lowest BCUT2D eigenvalue weighted by atomic mass is 10.2. The molecule has 0 fully saturated rings. The highest BCUT2D eigenvalue weighted by atomic mass is 19.1. The first-order valence-electron chi connectivity index (χ1n) is 5.96. The number of carbonyl (C=O) groups is 1. The zero-order chi connectivity index (χ0) is 14.5. The van der Waals surface area contributed by atoms with E-state index in [9.17, 15) is 9.18 Å². The van der Waals surface area contributed by atoms with Crippen LogP contribution in [-0.2, 0) is 11.4 Å². The second kappa shape index (κ2) is 6.01. The minimum Gasteiger partial charge on any atom is -0.473 e. The smallest absolute Gasteiger partial charge is 0.221 e. The van der Waals surface area contributed by atoms with Crippen molar-refractivity contribution < 1.29 is 13.9 Å². The average molecular weight is 275 g/mol. The number of ether oxygens (including phenoxy) is 1. The van der Waals surface area contributed by atoms with E-state index < -0.39 is 0 Å². The van der Waals surface area contributed by atoms with Gasteiger partial charge in [-0.2, -0.15) is 4.98 Å². The van der Waals surface area contributed by atoms with Crippen LogP contribution in [0.4, 0.5) is 15.9 Å². The number of hydrogen-bond donors (Lipinski definition) is 2. The van der Waals surface area contributed by atoms with E-state index in [4.69, 9.17) is 10.5 Å². The zero-order valence-electron chi connectivity index (χ0n) is 10.9. The summed E-state index contributed by atoms with van der Waals surface area (Å²) in [6, 6.07) is 9.20. The second-order valence-corrected chi connectivity index (χ2v) is 4.18. The second-order valence-electron chi connectivity index (χ2n) is 4.18. The number of carbonyl (C=O) groups excluding carboxylic acids is 1. The summed E-state index contributed by atoms with van der Waals surface area (Å²) in [7, 11) is 0. The molecule has 104 valence electrons. The van der Waals surface area contributed by atoms with Crippen molar-refractivity contribution in [2.24, 2.45) is 0 Å². The van der Waals surface area contributed by atoms with E-state index in [0.29, 0.717) is 11.6 Å². The van der Waals surface area contributed by atoms with E-state index in [2.05, 4.69) is 10.3 Å². The number of anilines is 2. The number of nitrogens with two attached hydrogens (primary N) is 1. The number of benzene rings is 1. The van der Waals surface area contributed by atoms with Crippen molar-refractivity contribution in [3.05, 3.63) is 47.8 Å². The molecule has 0 aliphatic rings. The van der Waals surface area contributed by atoms with Crippen LogP contribution in [-0.4, -0.2) is 10.9 Å². The Kier molecular flexibility index (Phi) is 4.14. The molecule has 2 aromatic rings. The van der Waals surface area contributed by atoms with Crippen molar-refractivity contribution >= 4 is 17.4 Å². The van der Waals surface area contributed by atoms with Crippen molar-refractivity contribution in [2.45, 2.75) is 13.5 Å². The van der Waals surface area contributed by atoms with E-state index in [1.165, 1.54) is 19.1 Å². The summed E-state index contributed by atoms with van der Waals surface area (Å²) in [5.41, 5.74) is 6.96. The van der Waals surface area contributed by atoms with Crippen LogP contribution in [0.5, 0.6) is 5.88 Å². The molecule has 1 heterocycles. The summed E-state index contributed by atoms with van der Waals surface area (Å²) in [6.07, 6.45) is 0. The Morgan fingerprint density at radius 1 is 1.30 bits per heavy atom. The molecular weight excluding hydrogens is 261 g/mol. The standard InChI is InChI=1S/C14H14FN3O2/c1-9(19)17-12-6-7-13(18-14(12)16)20-8-10-2-4-11(15)5-3-10/h2-7H,8H2,1H3,(H2,16,18)(H,17,19). The first kappa shape index (κ1) is 13.8. The van der Waals surface area contributed by atoms with Gasteiger partial charge in [0.1, 0.15) is 12.4 Å². The molecule has 0 aliphatic heterocycles. The van der Waals surface area contributed by atoms with E-state index in [1.54, 1.807) is 24.3 Å². The van der Waals surface area contributed by atoms with Gasteiger partial charge in [-0.05, 0) is 23.8 Å². The molecule has 0 saturated carbocycles. The molecule has 0 bridgehead atoms. The molecule has 0 saturated heterocycles. The third-order valence-corrected chi connectivity index (χ3v) is 2.51. The number of pyridine rings is 1. The Labute approximate surface area is 115 Å². The molecular formula is C14H14FN3O2. The van der Waals surface area contributed by atoms with Crippen LogP contribution in [0.2, 0.25) is 0 Å². The third-order valence-electron chi connectivity index (χ3n) is 2.51. The largest absolute Gasteiger partial charge is 0.473 e. The summed E-state index contributed by atoms with van der Waals surface area (Å²) < 4.78 is 18.2. The van der Waals surface area contributed by atoms with Gasteiger partial charge in [0.15, 0.2) is 5.82 Å². The molecule has 0 spiro atoms. The number of nitrogens with one attached hydrogen (secondary N) is 1. The number of nitrogen functional groups attached to an aromatic ring is 1. The van der Waals surface area contributed by atoms with Gasteiger partial charge in [0.25, 0.3) is 0 Å². The lowest BCUT2D eigenvalue weighted by Crippen LogP contribution is -2.09. The maximum Gasteiger partial charge on any atom is 0.221 e. The SMILES string of the molecule is CC(=O)Nc1ccc(OCc2ccc(F)cc2)nc1N. The number of amides is 1. The van der Waals surface area contributed by atoms with Crippen molar-refractivity contribution in [3.63, 3.8) is 0 Å². The minimum atomic E-state index is -0.296. The number of hydrogen-bond acceptors (Lipinski definition) is 4. The Balaban J connectivity index is 2.01. The van der Waals surface area contributed by atoms with Crippen molar-refractivity contribution in [3.8, 4) is 5.88 Å². The maximum absolute atomic E-state index is 12.7. The molecule has 6 heteroatoms. The van der Waals surface area contributed by atoms with E-state index in [1.807, 2.05) is 0 Å². The highest BCUT2D eigenvalue weighted by Crippen LogP contribution is 2.20. The van der Waals surface area contributed by atoms with Crippen LogP contribution in [0.1, 0.15) is 12.5 Å². The molecule has 0 unspecified atom stereocenters. The van der Waals surface area contributed by atoms with Crippen LogP contribution < -0.4 is 15.8 Å². The van der Waals surface area contributed by atoms with Gasteiger partial charge in [0.05, 0.1) is 5.69 Å². The summed E-state index contributed by atoms with van der Waals surface area (Å²) in [4.78, 5) is 15.0. The Morgan fingerprint density at radius 2 is 2.00 bits per heavy atom. The molecule has 0 aliphatic carbocycles. The Bertz CT molecular complexity index is 614. The van der Waals surface area contributed by atoms with Crippen LogP contribution >= 0.6 is 0 Å². The zero-order valence-corrected chi connectivity index (χ0v) is 10.9. The molecule has 0 radical (unpaired) electrons. The molecule has 3 N–H and O–H groups in total. The molecule has 2 rings (SSSR count). The summed E-state index contributed by atoms with van der Waals surface area (Å²) in [6.45, 7) is 1.64. The van der Waals surface area contributed by atoms with Crippen molar-refractivity contribution in [2.75, 3.05) is 11.1 Å². The molecule has 0 atom stereocenters. The molecule has 1 aromatic carbocycles. The predicted octanol–water partition coefficient (Wildman–Crippen LogP) is 2.34. The highest BCUT2D eigenvalue weighted by Gasteiger charge is 2.05. The Hall–Kier alpha value is -2.63. The van der Waals surface area contributed by atoms with Crippen molar-refractivity contribution in [1.82, 2.24) is 4.98 Å². The van der Waals surface area contributed by atoms with Gasteiger partial charge in [-0.1, -0.05) is 12.1 Å². The number of aromatic nitrogens is 1. The van der Waals surface area contributed by atoms with Gasteiger partial charge < -0.3 is 15.8 Å². The van der Waals surface area contributed by atoms with Gasteiger partial charge in [0.2, 0.25) is 11.8 Å². The maximum atomic E-state index is 12.7. The highest BCUT2D eigenvalue weighted by molar-refractivity contribution is 5.91. The van der Waals surface area contributed by atoms with Crippen molar-refractivity contribution in [1.29, 1.82) is 0 Å². The van der Waals surface area contributed by atoms with E-state index >= 15 is 0 Å². The summed E-state index contributed by atoms with van der Waals surface area (Å²) in [5, 5.41) is 2.56. The number of rotatable bonds is 4. The first-order chi connectivity index (χ1) is 9.54. The van der Waals surface area contributed by atoms with Gasteiger partial charge >= 0.3 is 0 Å². The summed E-state index contributed by atoms with van der Waals surface area (Å²) in [5.74, 6) is -0.00741. The molecule has 1 amide bonds. The predicted molar refractivity (Wildman–Crippen MR) is 73.7 cm³/mol. The van der Waals surface area contributed by atoms with Gasteiger partial charge in [0, 0.05) is 13.0 Å². The van der Waals surface area contributed by atoms with E-state index in [-0.39, 0.29) is 24.1 Å². The number of nitrogens with zero attached hydrogens (tertiary/aromatic N) is 1. The monoisotopic (exact) mass is 275 g/mol. The minimum absolute atomic E-state index is 0.178. The van der Waals surface area contributed by atoms with Gasteiger partial charge in [-0.25, -0.2) is 4.39 Å². The molecule has 20 heavy (non-hydrogen) atoms. The fraction of sp³-hybridized carbons (Fsp3) is 0.143. The fourth-order valence-corrected chi connectivity index (χ4v) is 1.57. The van der Waals surface area contributed by atoms with Gasteiger partial charge in [-0.15, -0.1) is 0 Å². The molecule has 5 nitrogen and oxygen atoms in total. The van der Waals surface area contributed by atoms with Crippen LogP contribution in [0, 0.1) is 5.82 Å². The normalized spacial score (nSPS) is 10.1. The van der Waals surface area contributed by atoms with Crippen LogP contribution in [0.3, 0.4) is 0 Å².